The summed E-state index contributed by atoms with van der Waals surface area (Å²) in [6, 6.07) is 6.72. The smallest absolute Gasteiger partial charge is 0.315 e. The molecule has 0 radical (unpaired) electrons. The molecule has 0 heterocycles. The van der Waals surface area contributed by atoms with Gasteiger partial charge >= 0.3 is 6.43 Å². The monoisotopic (exact) mass is 277 g/mol. The van der Waals surface area contributed by atoms with Crippen LogP contribution in [-0.4, -0.2) is 12.3 Å². The molecular weight excluding hydrogens is 268 g/mol. The Morgan fingerprint density at radius 1 is 1.47 bits per heavy atom. The molecule has 1 aromatic rings. The van der Waals surface area contributed by atoms with Crippen molar-refractivity contribution in [1.29, 1.82) is 0 Å². The first-order valence-electron chi connectivity index (χ1n) is 4.34. The average molecular weight is 278 g/mol. The fraction of sp³-hybridized carbons (Fsp3) is 0.300. The van der Waals surface area contributed by atoms with Crippen molar-refractivity contribution in [3.63, 3.8) is 0 Å². The summed E-state index contributed by atoms with van der Waals surface area (Å²) in [6.45, 7) is 1.65. The molecule has 2 nitrogen and oxygen atoms in total. The van der Waals surface area contributed by atoms with Gasteiger partial charge in [0.15, 0.2) is 0 Å². The molecule has 82 valence electrons. The van der Waals surface area contributed by atoms with E-state index in [1.807, 2.05) is 6.07 Å². The zero-order valence-electron chi connectivity index (χ0n) is 8.01. The highest BCUT2D eigenvalue weighted by molar-refractivity contribution is 9.10. The lowest BCUT2D eigenvalue weighted by Crippen LogP contribution is -2.31. The van der Waals surface area contributed by atoms with Crippen LogP contribution in [0.1, 0.15) is 18.5 Å². The molecule has 5 heteroatoms. The van der Waals surface area contributed by atoms with Gasteiger partial charge in [0.1, 0.15) is 0 Å². The minimum absolute atomic E-state index is 0.427. The highest BCUT2D eigenvalue weighted by Gasteiger charge is 2.17. The molecule has 1 amide bonds. The van der Waals surface area contributed by atoms with Gasteiger partial charge in [0.25, 0.3) is 5.91 Å². The van der Waals surface area contributed by atoms with Crippen LogP contribution in [-0.2, 0) is 4.79 Å². The lowest BCUT2D eigenvalue weighted by atomic mass is 10.1. The van der Waals surface area contributed by atoms with Crippen LogP contribution in [0.4, 0.5) is 8.78 Å². The minimum Gasteiger partial charge on any atom is -0.345 e. The topological polar surface area (TPSA) is 29.1 Å². The highest BCUT2D eigenvalue weighted by atomic mass is 79.9. The van der Waals surface area contributed by atoms with Crippen molar-refractivity contribution < 1.29 is 13.6 Å². The molecule has 0 aliphatic rings. The third kappa shape index (κ3) is 3.58. The zero-order valence-corrected chi connectivity index (χ0v) is 9.59. The van der Waals surface area contributed by atoms with Crippen LogP contribution < -0.4 is 5.32 Å². The first-order valence-corrected chi connectivity index (χ1v) is 5.14. The summed E-state index contributed by atoms with van der Waals surface area (Å²) in [7, 11) is 0. The van der Waals surface area contributed by atoms with E-state index >= 15 is 0 Å². The molecule has 0 bridgehead atoms. The summed E-state index contributed by atoms with van der Waals surface area (Å²) in [5.74, 6) is -1.25. The molecule has 1 N–H and O–H groups in total. The van der Waals surface area contributed by atoms with E-state index in [0.29, 0.717) is 0 Å². The molecule has 0 aliphatic carbocycles. The summed E-state index contributed by atoms with van der Waals surface area (Å²) >= 11 is 3.26. The second-order valence-electron chi connectivity index (χ2n) is 3.09. The van der Waals surface area contributed by atoms with E-state index in [2.05, 4.69) is 21.2 Å². The van der Waals surface area contributed by atoms with Crippen molar-refractivity contribution in [3.8, 4) is 0 Å². The Morgan fingerprint density at radius 3 is 2.67 bits per heavy atom. The maximum absolute atomic E-state index is 12.0. The lowest BCUT2D eigenvalue weighted by Gasteiger charge is -2.14. The van der Waals surface area contributed by atoms with Gasteiger partial charge in [0.05, 0.1) is 6.04 Å². The predicted octanol–water partition coefficient (Wildman–Crippen LogP) is 2.89. The van der Waals surface area contributed by atoms with Gasteiger partial charge in [-0.05, 0) is 24.6 Å². The maximum Gasteiger partial charge on any atom is 0.315 e. The number of benzene rings is 1. The number of rotatable bonds is 3. The molecule has 0 fully saturated rings. The van der Waals surface area contributed by atoms with Gasteiger partial charge in [-0.3, -0.25) is 4.79 Å². The van der Waals surface area contributed by atoms with Gasteiger partial charge in [0, 0.05) is 4.47 Å². The molecule has 0 saturated carbocycles. The molecule has 0 saturated heterocycles. The van der Waals surface area contributed by atoms with Crippen LogP contribution in [0.15, 0.2) is 28.7 Å². The first kappa shape index (κ1) is 12.1. The Balaban J connectivity index is 2.69. The van der Waals surface area contributed by atoms with Crippen molar-refractivity contribution in [2.75, 3.05) is 0 Å². The van der Waals surface area contributed by atoms with Crippen LogP contribution in [0.2, 0.25) is 0 Å². The molecule has 0 unspecified atom stereocenters. The SMILES string of the molecule is C[C@H](NC(=O)C(F)F)c1cccc(Br)c1. The molecule has 1 atom stereocenters. The number of nitrogens with one attached hydrogen (secondary N) is 1. The van der Waals surface area contributed by atoms with E-state index in [4.69, 9.17) is 0 Å². The average Bonchev–Trinajstić information content (AvgIpc) is 2.17. The lowest BCUT2D eigenvalue weighted by molar-refractivity contribution is -0.132. The third-order valence-electron chi connectivity index (χ3n) is 1.91. The molecule has 0 spiro atoms. The van der Waals surface area contributed by atoms with Gasteiger partial charge < -0.3 is 5.32 Å². The van der Waals surface area contributed by atoms with Crippen molar-refractivity contribution in [1.82, 2.24) is 5.32 Å². The van der Waals surface area contributed by atoms with Gasteiger partial charge in [-0.2, -0.15) is 8.78 Å². The number of alkyl halides is 2. The normalized spacial score (nSPS) is 12.6. The van der Waals surface area contributed by atoms with Crippen LogP contribution in [0.5, 0.6) is 0 Å². The zero-order chi connectivity index (χ0) is 11.4. The molecule has 1 aromatic carbocycles. The van der Waals surface area contributed by atoms with E-state index < -0.39 is 18.4 Å². The Hall–Kier alpha value is -0.970. The summed E-state index contributed by atoms with van der Waals surface area (Å²) in [4.78, 5) is 10.7. The number of amides is 1. The molecule has 0 aromatic heterocycles. The van der Waals surface area contributed by atoms with E-state index in [0.717, 1.165) is 10.0 Å². The van der Waals surface area contributed by atoms with Crippen LogP contribution in [0.25, 0.3) is 0 Å². The van der Waals surface area contributed by atoms with E-state index in [1.54, 1.807) is 25.1 Å². The van der Waals surface area contributed by atoms with Gasteiger partial charge in [-0.15, -0.1) is 0 Å². The van der Waals surface area contributed by atoms with Gasteiger partial charge in [-0.1, -0.05) is 28.1 Å². The fourth-order valence-electron chi connectivity index (χ4n) is 1.14. The standard InChI is InChI=1S/C10H10BrF2NO/c1-6(14-10(15)9(12)13)7-3-2-4-8(11)5-7/h2-6,9H,1H3,(H,14,15)/t6-/m0/s1. The number of hydrogen-bond donors (Lipinski definition) is 1. The summed E-state index contributed by atoms with van der Waals surface area (Å²) < 4.78 is 24.8. The summed E-state index contributed by atoms with van der Waals surface area (Å²) in [6.07, 6.45) is -2.97. The molecule has 1 rings (SSSR count). The summed E-state index contributed by atoms with van der Waals surface area (Å²) in [5.41, 5.74) is 0.776. The van der Waals surface area contributed by atoms with Crippen molar-refractivity contribution >= 4 is 21.8 Å². The Morgan fingerprint density at radius 2 is 2.13 bits per heavy atom. The Kier molecular flexibility index (Phi) is 4.20. The fourth-order valence-corrected chi connectivity index (χ4v) is 1.55. The predicted molar refractivity (Wildman–Crippen MR) is 56.7 cm³/mol. The highest BCUT2D eigenvalue weighted by Crippen LogP contribution is 2.17. The number of carbonyl (C=O) groups is 1. The van der Waals surface area contributed by atoms with E-state index in [9.17, 15) is 13.6 Å². The second kappa shape index (κ2) is 5.21. The third-order valence-corrected chi connectivity index (χ3v) is 2.40. The second-order valence-corrected chi connectivity index (χ2v) is 4.00. The maximum atomic E-state index is 12.0. The summed E-state index contributed by atoms with van der Waals surface area (Å²) in [5, 5.41) is 2.21. The van der Waals surface area contributed by atoms with Crippen molar-refractivity contribution in [2.24, 2.45) is 0 Å². The quantitative estimate of drug-likeness (QED) is 0.905. The first-order chi connectivity index (χ1) is 7.00. The van der Waals surface area contributed by atoms with E-state index in [1.165, 1.54) is 0 Å². The molecule has 0 aliphatic heterocycles. The number of halogens is 3. The van der Waals surface area contributed by atoms with Crippen LogP contribution in [0, 0.1) is 0 Å². The minimum atomic E-state index is -2.97. The van der Waals surface area contributed by atoms with Crippen molar-refractivity contribution in [2.45, 2.75) is 19.4 Å². The largest absolute Gasteiger partial charge is 0.345 e. The van der Waals surface area contributed by atoms with Crippen LogP contribution in [0.3, 0.4) is 0 Å². The van der Waals surface area contributed by atoms with Gasteiger partial charge in [-0.25, -0.2) is 0 Å². The Labute approximate surface area is 94.8 Å². The molecular formula is C10H10BrF2NO. The molecule has 15 heavy (non-hydrogen) atoms. The van der Waals surface area contributed by atoms with Crippen molar-refractivity contribution in [3.05, 3.63) is 34.3 Å². The van der Waals surface area contributed by atoms with Crippen LogP contribution >= 0.6 is 15.9 Å². The van der Waals surface area contributed by atoms with Gasteiger partial charge in [0.2, 0.25) is 0 Å². The Bertz CT molecular complexity index is 357. The number of carbonyl (C=O) groups excluding carboxylic acids is 1. The van der Waals surface area contributed by atoms with E-state index in [-0.39, 0.29) is 0 Å². The number of hydrogen-bond acceptors (Lipinski definition) is 1.